The molecule has 2 aromatic carbocycles. The Morgan fingerprint density at radius 2 is 1.88 bits per heavy atom. The SMILES string of the molecule is N#Cc1ccc(C(=O)Nc2sc3c(Cl)c(O)ccc3c2C(N)=O)cc1. The molecule has 0 aliphatic rings. The minimum absolute atomic E-state index is 0.0869. The van der Waals surface area contributed by atoms with Gasteiger partial charge < -0.3 is 16.2 Å². The predicted molar refractivity (Wildman–Crippen MR) is 96.1 cm³/mol. The number of aromatic hydroxyl groups is 1. The average molecular weight is 372 g/mol. The van der Waals surface area contributed by atoms with Crippen LogP contribution in [0, 0.1) is 11.3 Å². The molecule has 0 bridgehead atoms. The van der Waals surface area contributed by atoms with E-state index in [1.54, 1.807) is 0 Å². The highest BCUT2D eigenvalue weighted by Crippen LogP contribution is 2.42. The molecule has 0 aliphatic heterocycles. The molecule has 6 nitrogen and oxygen atoms in total. The third kappa shape index (κ3) is 3.01. The van der Waals surface area contributed by atoms with Crippen molar-refractivity contribution in [1.82, 2.24) is 0 Å². The standard InChI is InChI=1S/C17H10ClN3O3S/c18-13-11(22)6-5-10-12(15(20)23)17(25-14(10)13)21-16(24)9-3-1-8(7-19)2-4-9/h1-6,22H,(H2,20,23)(H,21,24). The molecule has 1 heterocycles. The molecule has 3 aromatic rings. The lowest BCUT2D eigenvalue weighted by Crippen LogP contribution is -2.16. The van der Waals surface area contributed by atoms with Crippen LogP contribution >= 0.6 is 22.9 Å². The number of carbonyl (C=O) groups excluding carboxylic acids is 2. The first-order valence-corrected chi connectivity index (χ1v) is 8.17. The second-order valence-corrected chi connectivity index (χ2v) is 6.49. The zero-order chi connectivity index (χ0) is 18.1. The molecule has 0 radical (unpaired) electrons. The van der Waals surface area contributed by atoms with Gasteiger partial charge in [-0.3, -0.25) is 9.59 Å². The summed E-state index contributed by atoms with van der Waals surface area (Å²) in [5.74, 6) is -1.31. The Kier molecular flexibility index (Phi) is 4.31. The van der Waals surface area contributed by atoms with Crippen molar-refractivity contribution in [3.8, 4) is 11.8 Å². The summed E-state index contributed by atoms with van der Waals surface area (Å²) < 4.78 is 0.450. The van der Waals surface area contributed by atoms with E-state index in [0.29, 0.717) is 21.2 Å². The van der Waals surface area contributed by atoms with Gasteiger partial charge in [0.15, 0.2) is 0 Å². The molecular formula is C17H10ClN3O3S. The maximum absolute atomic E-state index is 12.4. The Balaban J connectivity index is 2.04. The number of nitrogens with one attached hydrogen (secondary N) is 1. The average Bonchev–Trinajstić information content (AvgIpc) is 2.97. The maximum atomic E-state index is 12.4. The number of anilines is 1. The van der Waals surface area contributed by atoms with Crippen molar-refractivity contribution in [3.63, 3.8) is 0 Å². The van der Waals surface area contributed by atoms with Gasteiger partial charge in [0.1, 0.15) is 15.8 Å². The molecule has 0 saturated carbocycles. The number of rotatable bonds is 3. The molecule has 0 unspecified atom stereocenters. The molecule has 0 atom stereocenters. The van der Waals surface area contributed by atoms with Crippen molar-refractivity contribution in [2.75, 3.05) is 5.32 Å². The van der Waals surface area contributed by atoms with Gasteiger partial charge >= 0.3 is 0 Å². The number of primary amides is 1. The largest absolute Gasteiger partial charge is 0.506 e. The number of fused-ring (bicyclic) bond motifs is 1. The Hall–Kier alpha value is -3.08. The van der Waals surface area contributed by atoms with Crippen LogP contribution in [0.15, 0.2) is 36.4 Å². The van der Waals surface area contributed by atoms with Crippen molar-refractivity contribution >= 4 is 49.8 Å². The fourth-order valence-electron chi connectivity index (χ4n) is 2.32. The normalized spacial score (nSPS) is 10.4. The fourth-order valence-corrected chi connectivity index (χ4v) is 3.74. The topological polar surface area (TPSA) is 116 Å². The highest BCUT2D eigenvalue weighted by molar-refractivity contribution is 7.24. The van der Waals surface area contributed by atoms with E-state index in [1.807, 2.05) is 6.07 Å². The first kappa shape index (κ1) is 16.8. The maximum Gasteiger partial charge on any atom is 0.256 e. The molecular weight excluding hydrogens is 362 g/mol. The second-order valence-electron chi connectivity index (χ2n) is 5.09. The summed E-state index contributed by atoms with van der Waals surface area (Å²) in [6.45, 7) is 0. The summed E-state index contributed by atoms with van der Waals surface area (Å²) in [6, 6.07) is 10.9. The Morgan fingerprint density at radius 1 is 1.20 bits per heavy atom. The van der Waals surface area contributed by atoms with Crippen molar-refractivity contribution in [2.24, 2.45) is 5.73 Å². The number of carbonyl (C=O) groups is 2. The number of nitrogens with zero attached hydrogens (tertiary/aromatic N) is 1. The predicted octanol–water partition coefficient (Wildman–Crippen LogP) is 3.48. The van der Waals surface area contributed by atoms with Gasteiger partial charge in [-0.2, -0.15) is 5.26 Å². The summed E-state index contributed by atoms with van der Waals surface area (Å²) >= 11 is 7.11. The molecule has 0 aliphatic carbocycles. The monoisotopic (exact) mass is 371 g/mol. The molecule has 0 fully saturated rings. The summed E-state index contributed by atoms with van der Waals surface area (Å²) in [6.07, 6.45) is 0. The van der Waals surface area contributed by atoms with Crippen LogP contribution in [0.4, 0.5) is 5.00 Å². The van der Waals surface area contributed by atoms with Gasteiger partial charge in [-0.05, 0) is 36.4 Å². The van der Waals surface area contributed by atoms with Gasteiger partial charge in [-0.25, -0.2) is 0 Å². The first-order valence-electron chi connectivity index (χ1n) is 6.97. The van der Waals surface area contributed by atoms with E-state index in [2.05, 4.69) is 5.32 Å². The summed E-state index contributed by atoms with van der Waals surface area (Å²) in [5, 5.41) is 21.9. The number of amides is 2. The molecule has 2 amide bonds. The molecule has 0 spiro atoms. The van der Waals surface area contributed by atoms with E-state index >= 15 is 0 Å². The van der Waals surface area contributed by atoms with Crippen LogP contribution in [-0.4, -0.2) is 16.9 Å². The third-order valence-corrected chi connectivity index (χ3v) is 5.16. The molecule has 4 N–H and O–H groups in total. The van der Waals surface area contributed by atoms with Gasteiger partial charge in [-0.1, -0.05) is 11.6 Å². The van der Waals surface area contributed by atoms with E-state index in [-0.39, 0.29) is 21.3 Å². The lowest BCUT2D eigenvalue weighted by Gasteiger charge is -2.05. The van der Waals surface area contributed by atoms with Crippen molar-refractivity contribution < 1.29 is 14.7 Å². The molecule has 8 heteroatoms. The lowest BCUT2D eigenvalue weighted by atomic mass is 10.1. The second kappa shape index (κ2) is 6.43. The van der Waals surface area contributed by atoms with Gasteiger partial charge in [0, 0.05) is 10.9 Å². The number of phenols is 1. The molecule has 25 heavy (non-hydrogen) atoms. The third-order valence-electron chi connectivity index (χ3n) is 3.53. The molecule has 1 aromatic heterocycles. The lowest BCUT2D eigenvalue weighted by molar-refractivity contribution is 0.100. The van der Waals surface area contributed by atoms with Crippen LogP contribution in [0.25, 0.3) is 10.1 Å². The number of hydrogen-bond donors (Lipinski definition) is 3. The van der Waals surface area contributed by atoms with Crippen molar-refractivity contribution in [1.29, 1.82) is 5.26 Å². The Labute approximate surface area is 151 Å². The summed E-state index contributed by atoms with van der Waals surface area (Å²) in [7, 11) is 0. The summed E-state index contributed by atoms with van der Waals surface area (Å²) in [4.78, 5) is 24.2. The quantitative estimate of drug-likeness (QED) is 0.653. The van der Waals surface area contributed by atoms with Crippen LogP contribution < -0.4 is 11.1 Å². The minimum Gasteiger partial charge on any atom is -0.506 e. The highest BCUT2D eigenvalue weighted by Gasteiger charge is 2.21. The first-order chi connectivity index (χ1) is 11.9. The van der Waals surface area contributed by atoms with Crippen molar-refractivity contribution in [3.05, 3.63) is 58.1 Å². The number of halogens is 1. The Morgan fingerprint density at radius 3 is 2.48 bits per heavy atom. The number of benzene rings is 2. The number of nitrogens with two attached hydrogens (primary N) is 1. The van der Waals surface area contributed by atoms with Gasteiger partial charge in [0.25, 0.3) is 11.8 Å². The number of hydrogen-bond acceptors (Lipinski definition) is 5. The number of nitriles is 1. The van der Waals surface area contributed by atoms with Crippen LogP contribution in [0.1, 0.15) is 26.3 Å². The fraction of sp³-hybridized carbons (Fsp3) is 0. The van der Waals surface area contributed by atoms with E-state index in [9.17, 15) is 14.7 Å². The number of phenolic OH excluding ortho intramolecular Hbond substituents is 1. The smallest absolute Gasteiger partial charge is 0.256 e. The van der Waals surface area contributed by atoms with E-state index in [1.165, 1.54) is 36.4 Å². The van der Waals surface area contributed by atoms with E-state index in [0.717, 1.165) is 11.3 Å². The van der Waals surface area contributed by atoms with Gasteiger partial charge in [0.2, 0.25) is 0 Å². The molecule has 124 valence electrons. The van der Waals surface area contributed by atoms with Crippen LogP contribution in [0.3, 0.4) is 0 Å². The molecule has 0 saturated heterocycles. The molecule has 3 rings (SSSR count). The zero-order valence-corrected chi connectivity index (χ0v) is 14.1. The van der Waals surface area contributed by atoms with E-state index < -0.39 is 11.8 Å². The number of thiophene rings is 1. The van der Waals surface area contributed by atoms with Crippen LogP contribution in [0.2, 0.25) is 5.02 Å². The highest BCUT2D eigenvalue weighted by atomic mass is 35.5. The van der Waals surface area contributed by atoms with E-state index in [4.69, 9.17) is 22.6 Å². The Bertz CT molecular complexity index is 1050. The van der Waals surface area contributed by atoms with Crippen LogP contribution in [-0.2, 0) is 0 Å². The zero-order valence-electron chi connectivity index (χ0n) is 12.5. The minimum atomic E-state index is -0.719. The summed E-state index contributed by atoms with van der Waals surface area (Å²) in [5.41, 5.74) is 6.32. The van der Waals surface area contributed by atoms with Gasteiger partial charge in [0.05, 0.1) is 21.9 Å². The van der Waals surface area contributed by atoms with Gasteiger partial charge in [-0.15, -0.1) is 11.3 Å². The van der Waals surface area contributed by atoms with Crippen LogP contribution in [0.5, 0.6) is 5.75 Å². The van der Waals surface area contributed by atoms with Crippen molar-refractivity contribution in [2.45, 2.75) is 0 Å².